The maximum atomic E-state index is 1.85. The molecule has 0 aliphatic carbocycles. The second-order valence-corrected chi connectivity index (χ2v) is 134. The Balaban J connectivity index is 2.70. The zero-order chi connectivity index (χ0) is 7.83. The first-order chi connectivity index (χ1) is 4.46. The van der Waals surface area contributed by atoms with Gasteiger partial charge in [0.1, 0.15) is 0 Å². The molecule has 0 saturated carbocycles. The second kappa shape index (κ2) is 3.50. The number of rotatable bonds is 0. The van der Waals surface area contributed by atoms with E-state index in [4.69, 9.17) is 0 Å². The van der Waals surface area contributed by atoms with E-state index in [1.807, 2.05) is 39.0 Å². The van der Waals surface area contributed by atoms with Crippen molar-refractivity contribution in [2.24, 2.45) is 0 Å². The van der Waals surface area contributed by atoms with Crippen LogP contribution < -0.4 is 0 Å². The van der Waals surface area contributed by atoms with Gasteiger partial charge in [-0.05, 0) is 85.5 Å². The van der Waals surface area contributed by atoms with Crippen LogP contribution in [-0.2, 0) is 0 Å². The molecule has 1 rings (SSSR count). The molecule has 0 aromatic heterocycles. The lowest BCUT2D eigenvalue weighted by atomic mass is 25.7. The first-order valence-corrected chi connectivity index (χ1v) is 40.1. The van der Waals surface area contributed by atoms with Crippen LogP contribution in [0.1, 0.15) is 0 Å². The maximum Gasteiger partial charge on any atom is -0.00496 e. The van der Waals surface area contributed by atoms with Gasteiger partial charge in [-0.1, -0.05) is 0 Å². The maximum absolute atomic E-state index is 1.85. The summed E-state index contributed by atoms with van der Waals surface area (Å²) < 4.78 is 0. The molecule has 0 N–H and O–H groups in total. The molecule has 0 amide bonds. The number of hydrogen-bond acceptors (Lipinski definition) is 0. The fourth-order valence-electron chi connectivity index (χ4n) is 1.81. The topological polar surface area (TPSA) is 0 Å². The Kier molecular flexibility index (Phi) is 3.59. The fraction of sp³-hybridized carbons (Fsp3) is 0. The van der Waals surface area contributed by atoms with Gasteiger partial charge in [0.15, 0.2) is 0 Å². The van der Waals surface area contributed by atoms with Gasteiger partial charge in [-0.3, -0.25) is 0 Å². The first kappa shape index (κ1) is 10.3. The highest BCUT2D eigenvalue weighted by atomic mass is 30.5. The lowest BCUT2D eigenvalue weighted by Gasteiger charge is -2.42. The summed E-state index contributed by atoms with van der Waals surface area (Å²) in [6.07, 6.45) is 0.0382. The highest BCUT2D eigenvalue weighted by Gasteiger charge is 2.41. The van der Waals surface area contributed by atoms with E-state index in [0.717, 1.165) is 34.2 Å². The van der Waals surface area contributed by atoms with E-state index in [1.165, 1.54) is 0 Å². The smallest absolute Gasteiger partial charge is 0.00496 e. The van der Waals surface area contributed by atoms with Gasteiger partial charge in [0.25, 0.3) is 0 Å². The van der Waals surface area contributed by atoms with Crippen molar-refractivity contribution in [3.05, 3.63) is 0 Å². The molecule has 10 heavy (non-hydrogen) atoms. The average molecular weight is 301 g/mol. The standard InChI is InChI=1S/H20Si10/c1-9(2)7-5-6-8-10(9,3)4/h5-8H2,1-4H3. The van der Waals surface area contributed by atoms with Gasteiger partial charge in [-0.2, -0.15) is 0 Å². The predicted octanol–water partition coefficient (Wildman–Crippen LogP) is -9.16. The minimum absolute atomic E-state index is 0.0191. The number of hydrogen-bond donors (Lipinski definition) is 0. The lowest BCUT2D eigenvalue weighted by molar-refractivity contribution is 3.34. The minimum Gasteiger partial charge on any atom is -0.0109 e. The summed E-state index contributed by atoms with van der Waals surface area (Å²) in [5.41, 5.74) is 0. The van der Waals surface area contributed by atoms with Gasteiger partial charge in [-0.15, -0.1) is 0 Å². The Morgan fingerprint density at radius 1 is 0.700 bits per heavy atom. The van der Waals surface area contributed by atoms with Crippen molar-refractivity contribution in [1.29, 1.82) is 0 Å². The van der Waals surface area contributed by atoms with Crippen LogP contribution in [-0.4, -0.2) is 85.5 Å². The lowest BCUT2D eigenvalue weighted by Crippen LogP contribution is -2.79. The van der Waals surface area contributed by atoms with Crippen LogP contribution in [0.25, 0.3) is 0 Å². The van der Waals surface area contributed by atoms with Crippen LogP contribution in [0.5, 0.6) is 0 Å². The summed E-state index contributed by atoms with van der Waals surface area (Å²) in [7, 11) is 10.9. The van der Waals surface area contributed by atoms with E-state index in [1.54, 1.807) is 0 Å². The van der Waals surface area contributed by atoms with Gasteiger partial charge in [0.2, 0.25) is 0 Å². The average Bonchev–Trinajstić information content (AvgIpc) is 1.77. The third-order valence-electron chi connectivity index (χ3n) is 3.69. The van der Waals surface area contributed by atoms with Crippen LogP contribution >= 0.6 is 0 Å². The summed E-state index contributed by atoms with van der Waals surface area (Å²) in [5.74, 6) is 0. The molecule has 1 aliphatic heterocycles. The summed E-state index contributed by atoms with van der Waals surface area (Å²) in [5, 5.41) is 0. The molecule has 0 aromatic carbocycles. The summed E-state index contributed by atoms with van der Waals surface area (Å²) in [4.78, 5) is 0. The molecule has 0 radical (unpaired) electrons. The van der Waals surface area contributed by atoms with Crippen molar-refractivity contribution in [3.8, 4) is 0 Å². The van der Waals surface area contributed by atoms with Crippen LogP contribution in [0.3, 0.4) is 0 Å². The molecule has 0 bridgehead atoms. The molecule has 60 valence electrons. The van der Waals surface area contributed by atoms with Crippen molar-refractivity contribution in [2.45, 2.75) is 0 Å². The van der Waals surface area contributed by atoms with E-state index >= 15 is 0 Å². The van der Waals surface area contributed by atoms with Crippen LogP contribution in [0.2, 0.25) is 0 Å². The SMILES string of the molecule is [SiH3][Si]1([SiH3])[SiH2][SiH2][SiH2][SiH2][Si]1([SiH3])[SiH3]. The molecule has 0 atom stereocenters. The predicted molar refractivity (Wildman–Crippen MR) is 85.4 cm³/mol. The normalized spacial score (nSPS) is 60.0. The van der Waals surface area contributed by atoms with Crippen molar-refractivity contribution in [1.82, 2.24) is 0 Å². The molecule has 1 saturated heterocycles. The van der Waals surface area contributed by atoms with Crippen molar-refractivity contribution in [3.63, 3.8) is 0 Å². The Hall–Kier alpha value is 2.17. The quantitative estimate of drug-likeness (QED) is 0.390. The Bertz CT molecular complexity index is 104. The molecule has 1 heterocycles. The van der Waals surface area contributed by atoms with Gasteiger partial charge in [-0.25, -0.2) is 0 Å². The first-order valence-electron chi connectivity index (χ1n) is 4.46. The fourth-order valence-corrected chi connectivity index (χ4v) is 440. The van der Waals surface area contributed by atoms with E-state index in [-0.39, 0.29) is 12.3 Å². The Morgan fingerprint density at radius 2 is 1.00 bits per heavy atom. The van der Waals surface area contributed by atoms with Gasteiger partial charge < -0.3 is 0 Å². The molecule has 1 aliphatic rings. The molecular weight excluding hydrogens is 281 g/mol. The molecular formula is H20Si10. The van der Waals surface area contributed by atoms with Gasteiger partial charge in [0.05, 0.1) is 0 Å². The molecule has 0 spiro atoms. The highest BCUT2D eigenvalue weighted by Crippen LogP contribution is 2.04. The highest BCUT2D eigenvalue weighted by molar-refractivity contribution is 8.17. The van der Waals surface area contributed by atoms with E-state index in [2.05, 4.69) is 0 Å². The Morgan fingerprint density at radius 3 is 1.20 bits per heavy atom. The van der Waals surface area contributed by atoms with E-state index in [0.29, 0.717) is 0 Å². The summed E-state index contributed by atoms with van der Waals surface area (Å²) in [6.45, 7) is 0. The van der Waals surface area contributed by atoms with E-state index in [9.17, 15) is 0 Å². The zero-order valence-corrected chi connectivity index (χ0v) is 23.5. The molecule has 0 nitrogen and oxygen atoms in total. The molecule has 1 fully saturated rings. The third-order valence-corrected chi connectivity index (χ3v) is 299. The van der Waals surface area contributed by atoms with Crippen LogP contribution in [0, 0.1) is 0 Å². The largest absolute Gasteiger partial charge is 0.0109 e. The van der Waals surface area contributed by atoms with Crippen molar-refractivity contribution in [2.75, 3.05) is 0 Å². The molecule has 0 unspecified atom stereocenters. The zero-order valence-electron chi connectivity index (χ0n) is 7.83. The van der Waals surface area contributed by atoms with Crippen LogP contribution in [0.15, 0.2) is 0 Å². The minimum atomic E-state index is 0.0191. The van der Waals surface area contributed by atoms with E-state index < -0.39 is 0 Å². The van der Waals surface area contributed by atoms with Gasteiger partial charge >= 0.3 is 0 Å². The molecule has 10 heteroatoms. The summed E-state index contributed by atoms with van der Waals surface area (Å²) >= 11 is 0. The molecule has 0 aromatic rings. The second-order valence-electron chi connectivity index (χ2n) is 4.97. The monoisotopic (exact) mass is 300 g/mol. The third kappa shape index (κ3) is 2.10. The van der Waals surface area contributed by atoms with Crippen molar-refractivity contribution >= 4 is 85.5 Å². The van der Waals surface area contributed by atoms with Crippen molar-refractivity contribution < 1.29 is 0 Å². The Labute approximate surface area is 85.0 Å². The van der Waals surface area contributed by atoms with Gasteiger partial charge in [0, 0.05) is 0 Å². The van der Waals surface area contributed by atoms with Crippen LogP contribution in [0.4, 0.5) is 0 Å². The summed E-state index contributed by atoms with van der Waals surface area (Å²) in [6, 6.07) is 0.